The summed E-state index contributed by atoms with van der Waals surface area (Å²) in [6.45, 7) is 13.6. The molecule has 0 amide bonds. The van der Waals surface area contributed by atoms with Crippen LogP contribution in [0.3, 0.4) is 0 Å². The molecule has 50 heavy (non-hydrogen) atoms. The van der Waals surface area contributed by atoms with Crippen LogP contribution in [-0.2, 0) is 9.59 Å². The van der Waals surface area contributed by atoms with Crippen LogP contribution in [-0.4, -0.2) is 38.4 Å². The minimum absolute atomic E-state index is 0.351. The Balaban J connectivity index is 2.04. The normalized spacial score (nSPS) is 11.2. The predicted molar refractivity (Wildman–Crippen MR) is 202 cm³/mol. The molecule has 0 unspecified atom stereocenters. The van der Waals surface area contributed by atoms with Gasteiger partial charge in [-0.2, -0.15) is 0 Å². The molecule has 8 nitrogen and oxygen atoms in total. The minimum Gasteiger partial charge on any atom is -0.490 e. The molecule has 4 aromatic carbocycles. The van der Waals surface area contributed by atoms with Gasteiger partial charge >= 0.3 is 11.9 Å². The van der Waals surface area contributed by atoms with Crippen LogP contribution in [0.5, 0.6) is 34.5 Å². The first-order valence-corrected chi connectivity index (χ1v) is 18.7. The first kappa shape index (κ1) is 38.6. The van der Waals surface area contributed by atoms with E-state index >= 15 is 0 Å². The van der Waals surface area contributed by atoms with Crippen molar-refractivity contribution in [2.45, 2.75) is 119 Å². The maximum atomic E-state index is 12.3. The van der Waals surface area contributed by atoms with Gasteiger partial charge in [0.05, 0.1) is 26.4 Å². The van der Waals surface area contributed by atoms with E-state index in [1.54, 1.807) is 0 Å². The zero-order valence-electron chi connectivity index (χ0n) is 31.0. The van der Waals surface area contributed by atoms with Crippen LogP contribution in [0.1, 0.15) is 119 Å². The summed E-state index contributed by atoms with van der Waals surface area (Å²) in [4.78, 5) is 24.6. The second-order valence-corrected chi connectivity index (χ2v) is 12.9. The van der Waals surface area contributed by atoms with E-state index in [0.717, 1.165) is 109 Å². The maximum absolute atomic E-state index is 12.3. The largest absolute Gasteiger partial charge is 0.490 e. The van der Waals surface area contributed by atoms with Crippen molar-refractivity contribution in [2.75, 3.05) is 26.4 Å². The molecule has 4 aromatic rings. The molecule has 0 heterocycles. The van der Waals surface area contributed by atoms with E-state index in [0.29, 0.717) is 60.9 Å². The highest BCUT2D eigenvalue weighted by molar-refractivity contribution is 6.27. The Morgan fingerprint density at radius 2 is 0.600 bits per heavy atom. The van der Waals surface area contributed by atoms with Gasteiger partial charge in [0.2, 0.25) is 0 Å². The van der Waals surface area contributed by atoms with Gasteiger partial charge in [0.15, 0.2) is 34.5 Å². The first-order chi connectivity index (χ1) is 24.3. The van der Waals surface area contributed by atoms with Crippen LogP contribution in [0.2, 0.25) is 0 Å². The fourth-order valence-corrected chi connectivity index (χ4v) is 6.07. The van der Waals surface area contributed by atoms with Gasteiger partial charge < -0.3 is 28.4 Å². The number of carbonyl (C=O) groups is 2. The van der Waals surface area contributed by atoms with Crippen molar-refractivity contribution in [3.05, 3.63) is 36.4 Å². The standard InChI is InChI=1S/C42H56O8/c1-7-11-15-19-45-37-23-31-32(24-38(37)46-20-16-12-8-2)35-27-41(49-29(5)43)40(48-22-18-14-10-4)26-34(35)36-28-42(50-30(6)44)39(25-33(31)36)47-21-17-13-9-3/h23-28H,7-22H2,1-6H3. The zero-order valence-corrected chi connectivity index (χ0v) is 31.0. The van der Waals surface area contributed by atoms with E-state index in [1.807, 2.05) is 36.4 Å². The average Bonchev–Trinajstić information content (AvgIpc) is 3.09. The Bertz CT molecular complexity index is 1670. The molecule has 0 radical (unpaired) electrons. The lowest BCUT2D eigenvalue weighted by molar-refractivity contribution is -0.132. The topological polar surface area (TPSA) is 89.5 Å². The van der Waals surface area contributed by atoms with Gasteiger partial charge in [-0.1, -0.05) is 79.1 Å². The number of esters is 2. The number of benzene rings is 4. The Morgan fingerprint density at radius 1 is 0.380 bits per heavy atom. The van der Waals surface area contributed by atoms with Gasteiger partial charge in [-0.15, -0.1) is 0 Å². The Labute approximate surface area is 297 Å². The second kappa shape index (κ2) is 19.9. The summed E-state index contributed by atoms with van der Waals surface area (Å²) in [5, 5.41) is 5.26. The van der Waals surface area contributed by atoms with Gasteiger partial charge in [-0.25, -0.2) is 0 Å². The molecule has 0 aliphatic rings. The van der Waals surface area contributed by atoms with Crippen molar-refractivity contribution < 1.29 is 38.0 Å². The number of rotatable bonds is 22. The van der Waals surface area contributed by atoms with Crippen LogP contribution < -0.4 is 28.4 Å². The second-order valence-electron chi connectivity index (χ2n) is 12.9. The highest BCUT2D eigenvalue weighted by atomic mass is 16.6. The summed E-state index contributed by atoms with van der Waals surface area (Å²) in [5.41, 5.74) is 0. The summed E-state index contributed by atoms with van der Waals surface area (Å²) in [7, 11) is 0. The molecule has 272 valence electrons. The lowest BCUT2D eigenvalue weighted by Crippen LogP contribution is -2.06. The summed E-state index contributed by atoms with van der Waals surface area (Å²) in [6.07, 6.45) is 12.2. The molecule has 0 saturated heterocycles. The third-order valence-corrected chi connectivity index (χ3v) is 8.65. The SMILES string of the molecule is CCCCCOc1cc2c(cc1OCCCCC)c1cc(OC(C)=O)c(OCCCCC)cc1c1cc(OC(C)=O)c(OCCCCC)cc21. The Kier molecular flexibility index (Phi) is 15.3. The Hall–Kier alpha value is -4.20. The molecule has 4 rings (SSSR count). The van der Waals surface area contributed by atoms with E-state index < -0.39 is 11.9 Å². The van der Waals surface area contributed by atoms with Crippen molar-refractivity contribution in [2.24, 2.45) is 0 Å². The smallest absolute Gasteiger partial charge is 0.308 e. The van der Waals surface area contributed by atoms with Crippen molar-refractivity contribution in [3.8, 4) is 34.5 Å². The average molecular weight is 689 g/mol. The number of fused-ring (bicyclic) bond motifs is 6. The van der Waals surface area contributed by atoms with E-state index in [1.165, 1.54) is 13.8 Å². The quantitative estimate of drug-likeness (QED) is 0.0349. The van der Waals surface area contributed by atoms with Crippen LogP contribution in [0.25, 0.3) is 32.3 Å². The van der Waals surface area contributed by atoms with Crippen molar-refractivity contribution in [1.82, 2.24) is 0 Å². The fraction of sp³-hybridized carbons (Fsp3) is 0.524. The molecule has 0 spiro atoms. The van der Waals surface area contributed by atoms with Crippen LogP contribution in [0, 0.1) is 0 Å². The molecular weight excluding hydrogens is 632 g/mol. The zero-order chi connectivity index (χ0) is 35.9. The number of carbonyl (C=O) groups excluding carboxylic acids is 2. The van der Waals surface area contributed by atoms with Gasteiger partial charge in [0, 0.05) is 13.8 Å². The fourth-order valence-electron chi connectivity index (χ4n) is 6.07. The van der Waals surface area contributed by atoms with Gasteiger partial charge in [0.25, 0.3) is 0 Å². The number of hydrogen-bond donors (Lipinski definition) is 0. The summed E-state index contributed by atoms with van der Waals surface area (Å²) in [5.74, 6) is 2.17. The molecule has 0 fully saturated rings. The molecule has 0 aliphatic heterocycles. The summed E-state index contributed by atoms with van der Waals surface area (Å²) >= 11 is 0. The summed E-state index contributed by atoms with van der Waals surface area (Å²) < 4.78 is 36.8. The van der Waals surface area contributed by atoms with E-state index in [2.05, 4.69) is 27.7 Å². The summed E-state index contributed by atoms with van der Waals surface area (Å²) in [6, 6.07) is 11.7. The van der Waals surface area contributed by atoms with Gasteiger partial charge in [0.1, 0.15) is 0 Å². The molecule has 0 saturated carbocycles. The Morgan fingerprint density at radius 3 is 0.820 bits per heavy atom. The third-order valence-electron chi connectivity index (χ3n) is 8.65. The van der Waals surface area contributed by atoms with Crippen molar-refractivity contribution in [1.29, 1.82) is 0 Å². The van der Waals surface area contributed by atoms with Crippen LogP contribution in [0.15, 0.2) is 36.4 Å². The van der Waals surface area contributed by atoms with E-state index in [9.17, 15) is 9.59 Å². The number of ether oxygens (including phenoxy) is 6. The molecule has 0 atom stereocenters. The van der Waals surface area contributed by atoms with Crippen molar-refractivity contribution >= 4 is 44.3 Å². The number of hydrogen-bond acceptors (Lipinski definition) is 8. The molecule has 0 aromatic heterocycles. The lowest BCUT2D eigenvalue weighted by atomic mass is 9.93. The monoisotopic (exact) mass is 688 g/mol. The minimum atomic E-state index is -0.433. The molecule has 0 N–H and O–H groups in total. The van der Waals surface area contributed by atoms with Crippen LogP contribution in [0.4, 0.5) is 0 Å². The van der Waals surface area contributed by atoms with Crippen LogP contribution >= 0.6 is 0 Å². The van der Waals surface area contributed by atoms with E-state index in [4.69, 9.17) is 28.4 Å². The highest BCUT2D eigenvalue weighted by Crippen LogP contribution is 2.47. The van der Waals surface area contributed by atoms with Crippen molar-refractivity contribution in [3.63, 3.8) is 0 Å². The lowest BCUT2D eigenvalue weighted by Gasteiger charge is -2.20. The van der Waals surface area contributed by atoms with Gasteiger partial charge in [-0.3, -0.25) is 9.59 Å². The molecule has 0 bridgehead atoms. The molecule has 0 aliphatic carbocycles. The van der Waals surface area contributed by atoms with E-state index in [-0.39, 0.29) is 0 Å². The highest BCUT2D eigenvalue weighted by Gasteiger charge is 2.21. The number of unbranched alkanes of at least 4 members (excludes halogenated alkanes) is 8. The maximum Gasteiger partial charge on any atom is 0.308 e. The molecular formula is C42H56O8. The first-order valence-electron chi connectivity index (χ1n) is 18.7. The third kappa shape index (κ3) is 10.4. The predicted octanol–water partition coefficient (Wildman–Crippen LogP) is 11.3. The molecule has 8 heteroatoms. The van der Waals surface area contributed by atoms with Gasteiger partial charge in [-0.05, 0) is 94.4 Å².